The van der Waals surface area contributed by atoms with E-state index in [0.717, 1.165) is 29.1 Å². The van der Waals surface area contributed by atoms with Gasteiger partial charge in [-0.25, -0.2) is 0 Å². The predicted octanol–water partition coefficient (Wildman–Crippen LogP) is 5.12. The van der Waals surface area contributed by atoms with Crippen LogP contribution in [-0.4, -0.2) is 35.8 Å². The molecule has 0 amide bonds. The minimum absolute atomic E-state index is 0.136. The first-order chi connectivity index (χ1) is 14.1. The number of morpholine rings is 1. The monoisotopic (exact) mass is 396 g/mol. The predicted molar refractivity (Wildman–Crippen MR) is 108 cm³/mol. The van der Waals surface area contributed by atoms with Crippen molar-refractivity contribution < 1.29 is 18.3 Å². The van der Waals surface area contributed by atoms with E-state index in [-0.39, 0.29) is 11.9 Å². The molecule has 6 heteroatoms. The molecular formula is C23H22F2N2O2. The molecule has 0 radical (unpaired) electrons. The zero-order valence-electron chi connectivity index (χ0n) is 15.9. The van der Waals surface area contributed by atoms with Crippen molar-refractivity contribution in [2.75, 3.05) is 19.7 Å². The maximum Gasteiger partial charge on any atom is 0.387 e. The average Bonchev–Trinajstić information content (AvgIpc) is 3.28. The van der Waals surface area contributed by atoms with Gasteiger partial charge in [0.1, 0.15) is 11.9 Å². The number of aromatic nitrogens is 1. The third-order valence-corrected chi connectivity index (χ3v) is 4.99. The molecule has 1 saturated heterocycles. The molecule has 1 aromatic heterocycles. The van der Waals surface area contributed by atoms with Crippen molar-refractivity contribution in [2.24, 2.45) is 0 Å². The Morgan fingerprint density at radius 3 is 2.66 bits per heavy atom. The minimum Gasteiger partial charge on any atom is -0.435 e. The number of benzene rings is 2. The van der Waals surface area contributed by atoms with E-state index < -0.39 is 6.61 Å². The first-order valence-corrected chi connectivity index (χ1v) is 9.44. The van der Waals surface area contributed by atoms with Crippen molar-refractivity contribution in [3.05, 3.63) is 90.8 Å². The molecule has 0 N–H and O–H groups in total. The molecule has 1 unspecified atom stereocenters. The number of hydrogen-bond donors (Lipinski definition) is 0. The lowest BCUT2D eigenvalue weighted by atomic mass is 10.1. The van der Waals surface area contributed by atoms with Gasteiger partial charge in [-0.1, -0.05) is 30.8 Å². The van der Waals surface area contributed by atoms with Crippen LogP contribution in [0.15, 0.2) is 79.6 Å². The van der Waals surface area contributed by atoms with Crippen molar-refractivity contribution >= 4 is 5.70 Å². The summed E-state index contributed by atoms with van der Waals surface area (Å²) in [5.74, 6) is 0.136. The van der Waals surface area contributed by atoms with Gasteiger partial charge < -0.3 is 18.9 Å². The summed E-state index contributed by atoms with van der Waals surface area (Å²) in [5.41, 5.74) is 3.82. The van der Waals surface area contributed by atoms with E-state index in [2.05, 4.69) is 22.3 Å². The van der Waals surface area contributed by atoms with E-state index in [1.165, 1.54) is 6.07 Å². The zero-order chi connectivity index (χ0) is 20.2. The maximum atomic E-state index is 12.5. The van der Waals surface area contributed by atoms with Gasteiger partial charge in [0.05, 0.1) is 6.61 Å². The Labute approximate surface area is 168 Å². The zero-order valence-corrected chi connectivity index (χ0v) is 15.9. The summed E-state index contributed by atoms with van der Waals surface area (Å²) >= 11 is 0. The van der Waals surface area contributed by atoms with Crippen LogP contribution in [0.5, 0.6) is 5.75 Å². The highest BCUT2D eigenvalue weighted by atomic mass is 19.3. The molecule has 3 aromatic rings. The van der Waals surface area contributed by atoms with E-state index in [0.29, 0.717) is 13.2 Å². The van der Waals surface area contributed by atoms with Crippen LogP contribution >= 0.6 is 0 Å². The van der Waals surface area contributed by atoms with Gasteiger partial charge in [0.2, 0.25) is 0 Å². The molecule has 1 fully saturated rings. The normalized spacial score (nSPS) is 16.8. The summed E-state index contributed by atoms with van der Waals surface area (Å²) in [7, 11) is 0. The Morgan fingerprint density at radius 2 is 1.86 bits per heavy atom. The molecule has 1 aliphatic heterocycles. The lowest BCUT2D eigenvalue weighted by Gasteiger charge is -2.36. The van der Waals surface area contributed by atoms with Crippen molar-refractivity contribution in [3.63, 3.8) is 0 Å². The molecule has 29 heavy (non-hydrogen) atoms. The van der Waals surface area contributed by atoms with E-state index in [1.807, 2.05) is 53.4 Å². The number of ether oxygens (including phenoxy) is 2. The van der Waals surface area contributed by atoms with Crippen LogP contribution in [0.3, 0.4) is 0 Å². The molecule has 4 nitrogen and oxygen atoms in total. The Kier molecular flexibility index (Phi) is 5.62. The molecule has 0 saturated carbocycles. The summed E-state index contributed by atoms with van der Waals surface area (Å²) in [4.78, 5) is 2.17. The van der Waals surface area contributed by atoms with Gasteiger partial charge in [0.25, 0.3) is 0 Å². The summed E-state index contributed by atoms with van der Waals surface area (Å²) in [6.45, 7) is 3.28. The Hall–Kier alpha value is -3.12. The Bertz CT molecular complexity index is 973. The van der Waals surface area contributed by atoms with Crippen LogP contribution in [0, 0.1) is 0 Å². The molecule has 0 spiro atoms. The summed E-state index contributed by atoms with van der Waals surface area (Å²) in [5, 5.41) is 0. The number of nitrogens with zero attached hydrogens (tertiary/aromatic N) is 2. The molecule has 0 aliphatic carbocycles. The van der Waals surface area contributed by atoms with Crippen LogP contribution in [0.4, 0.5) is 8.78 Å². The molecule has 1 aliphatic rings. The number of hydrogen-bond acceptors (Lipinski definition) is 3. The van der Waals surface area contributed by atoms with Gasteiger partial charge >= 0.3 is 6.61 Å². The fourth-order valence-corrected chi connectivity index (χ4v) is 3.52. The van der Waals surface area contributed by atoms with Gasteiger partial charge in [0, 0.05) is 36.9 Å². The van der Waals surface area contributed by atoms with Crippen LogP contribution < -0.4 is 4.74 Å². The van der Waals surface area contributed by atoms with Crippen molar-refractivity contribution in [2.45, 2.75) is 12.7 Å². The van der Waals surface area contributed by atoms with Crippen LogP contribution in [0.25, 0.3) is 11.4 Å². The molecular weight excluding hydrogens is 374 g/mol. The topological polar surface area (TPSA) is 26.6 Å². The molecule has 150 valence electrons. The average molecular weight is 396 g/mol. The fourth-order valence-electron chi connectivity index (χ4n) is 3.52. The van der Waals surface area contributed by atoms with E-state index in [9.17, 15) is 8.78 Å². The van der Waals surface area contributed by atoms with Crippen LogP contribution in [0.2, 0.25) is 0 Å². The number of alkyl halides is 2. The third-order valence-electron chi connectivity index (χ3n) is 4.99. The second-order valence-corrected chi connectivity index (χ2v) is 6.84. The largest absolute Gasteiger partial charge is 0.435 e. The summed E-state index contributed by atoms with van der Waals surface area (Å²) < 4.78 is 37.5. The first kappa shape index (κ1) is 19.2. The summed E-state index contributed by atoms with van der Waals surface area (Å²) in [6, 6.07) is 18.9. The lowest BCUT2D eigenvalue weighted by molar-refractivity contribution is -0.0503. The minimum atomic E-state index is -2.85. The fraction of sp³-hybridized carbons (Fsp3) is 0.217. The lowest BCUT2D eigenvalue weighted by Crippen LogP contribution is -2.36. The highest BCUT2D eigenvalue weighted by molar-refractivity contribution is 5.64. The van der Waals surface area contributed by atoms with E-state index >= 15 is 0 Å². The van der Waals surface area contributed by atoms with Crippen molar-refractivity contribution in [1.82, 2.24) is 9.47 Å². The molecule has 2 heterocycles. The van der Waals surface area contributed by atoms with Gasteiger partial charge in [-0.05, 0) is 47.5 Å². The second kappa shape index (κ2) is 8.49. The number of halogens is 2. The Balaban J connectivity index is 1.50. The van der Waals surface area contributed by atoms with Gasteiger partial charge in [0.15, 0.2) is 0 Å². The van der Waals surface area contributed by atoms with Crippen molar-refractivity contribution in [3.8, 4) is 11.4 Å². The van der Waals surface area contributed by atoms with Crippen LogP contribution in [0.1, 0.15) is 17.2 Å². The third kappa shape index (κ3) is 4.49. The quantitative estimate of drug-likeness (QED) is 0.578. The van der Waals surface area contributed by atoms with Crippen LogP contribution in [-0.2, 0) is 4.74 Å². The smallest absolute Gasteiger partial charge is 0.387 e. The summed E-state index contributed by atoms with van der Waals surface area (Å²) in [6.07, 6.45) is 3.76. The SMILES string of the molecule is C=C(c1cccc(-n2cccc2)c1)N1CCOC(c2cccc(OC(F)F)c2)C1. The Morgan fingerprint density at radius 1 is 1.07 bits per heavy atom. The molecule has 0 bridgehead atoms. The highest BCUT2D eigenvalue weighted by Crippen LogP contribution is 2.30. The highest BCUT2D eigenvalue weighted by Gasteiger charge is 2.24. The molecule has 4 rings (SSSR count). The van der Waals surface area contributed by atoms with E-state index in [4.69, 9.17) is 4.74 Å². The maximum absolute atomic E-state index is 12.5. The first-order valence-electron chi connectivity index (χ1n) is 9.44. The van der Waals surface area contributed by atoms with Gasteiger partial charge in [-0.2, -0.15) is 8.78 Å². The van der Waals surface area contributed by atoms with Gasteiger partial charge in [-0.3, -0.25) is 0 Å². The number of rotatable bonds is 6. The molecule has 2 aromatic carbocycles. The van der Waals surface area contributed by atoms with Crippen molar-refractivity contribution in [1.29, 1.82) is 0 Å². The van der Waals surface area contributed by atoms with E-state index in [1.54, 1.807) is 12.1 Å². The molecule has 1 atom stereocenters. The second-order valence-electron chi connectivity index (χ2n) is 6.84. The standard InChI is InChI=1S/C23H22F2N2O2/c1-17(18-6-4-8-20(14-18)26-10-2-3-11-26)27-12-13-28-22(16-27)19-7-5-9-21(15-19)29-23(24)25/h2-11,14-15,22-23H,1,12-13,16H2. The van der Waals surface area contributed by atoms with Gasteiger partial charge in [-0.15, -0.1) is 0 Å².